The van der Waals surface area contributed by atoms with Crippen LogP contribution in [0, 0.1) is 11.8 Å². The predicted octanol–water partition coefficient (Wildman–Crippen LogP) is 11.4. The highest BCUT2D eigenvalue weighted by Gasteiger charge is 2.45. The summed E-state index contributed by atoms with van der Waals surface area (Å²) in [4.78, 5) is 54.2. The quantitative estimate of drug-likeness (QED) is 0.113. The predicted molar refractivity (Wildman–Crippen MR) is 214 cm³/mol. The van der Waals surface area contributed by atoms with Gasteiger partial charge in [-0.15, -0.1) is 22.7 Å². The molecule has 4 heterocycles. The lowest BCUT2D eigenvalue weighted by atomic mass is 9.70. The number of alkyl halides is 6. The molecule has 2 atom stereocenters. The van der Waals surface area contributed by atoms with Crippen molar-refractivity contribution in [2.24, 2.45) is 11.8 Å². The standard InChI is InChI=1S/C46H28F6O6S2/c1-43(2)33-11-19-10-32-34(44(3,4)58-36-18-24(60-42(32)36)16-30-28-14-22(46(50,51)52)6-8-26(28)38(54)40(30)56)12-20(19)9-31(33)41-35(57-43)17-23(59-41)15-29-27-13-21(45(47,48)49)5-7-25(27)37(53)39(29)55/h5-20H,1-4H3/b29-15-,30-16-. The second-order valence-corrected chi connectivity index (χ2v) is 18.5. The number of rotatable bonds is 2. The fourth-order valence-electron chi connectivity index (χ4n) is 8.82. The van der Waals surface area contributed by atoms with E-state index in [2.05, 4.69) is 24.3 Å². The Balaban J connectivity index is 1.01. The van der Waals surface area contributed by atoms with Gasteiger partial charge in [-0.2, -0.15) is 26.3 Å². The summed E-state index contributed by atoms with van der Waals surface area (Å²) in [6.45, 7) is 7.71. The van der Waals surface area contributed by atoms with E-state index in [1.54, 1.807) is 12.1 Å². The van der Waals surface area contributed by atoms with Crippen LogP contribution >= 0.6 is 22.7 Å². The van der Waals surface area contributed by atoms with Gasteiger partial charge in [0, 0.05) is 43.9 Å². The molecule has 0 N–H and O–H groups in total. The Labute approximate surface area is 345 Å². The Hall–Kier alpha value is -5.86. The van der Waals surface area contributed by atoms with Crippen LogP contribution in [0.1, 0.15) is 90.2 Å². The van der Waals surface area contributed by atoms with Gasteiger partial charge in [0.15, 0.2) is 0 Å². The zero-order valence-corrected chi connectivity index (χ0v) is 33.4. The van der Waals surface area contributed by atoms with Gasteiger partial charge in [0.2, 0.25) is 23.1 Å². The van der Waals surface area contributed by atoms with E-state index in [1.165, 1.54) is 34.8 Å². The molecule has 2 aromatic carbocycles. The molecule has 0 amide bonds. The van der Waals surface area contributed by atoms with Gasteiger partial charge in [-0.25, -0.2) is 0 Å². The molecule has 0 bridgehead atoms. The summed E-state index contributed by atoms with van der Waals surface area (Å²) in [6, 6.07) is 8.79. The molecule has 0 saturated carbocycles. The maximum absolute atomic E-state index is 13.6. The van der Waals surface area contributed by atoms with Gasteiger partial charge in [-0.05, 0) is 122 Å². The Morgan fingerprint density at radius 2 is 0.917 bits per heavy atom. The average Bonchev–Trinajstić information content (AvgIpc) is 3.89. The largest absolute Gasteiger partial charge is 0.482 e. The van der Waals surface area contributed by atoms with Gasteiger partial charge in [-0.3, -0.25) is 19.2 Å². The third kappa shape index (κ3) is 5.74. The number of carbonyl (C=O) groups excluding carboxylic acids is 4. The van der Waals surface area contributed by atoms with E-state index in [1.807, 2.05) is 27.7 Å². The van der Waals surface area contributed by atoms with Crippen LogP contribution in [0.3, 0.4) is 0 Å². The Morgan fingerprint density at radius 3 is 1.28 bits per heavy atom. The second kappa shape index (κ2) is 12.4. The van der Waals surface area contributed by atoms with Crippen LogP contribution < -0.4 is 9.47 Å². The number of hydrogen-bond acceptors (Lipinski definition) is 8. The molecule has 0 saturated heterocycles. The van der Waals surface area contributed by atoms with Crippen molar-refractivity contribution in [1.82, 2.24) is 0 Å². The van der Waals surface area contributed by atoms with E-state index in [4.69, 9.17) is 9.47 Å². The highest BCUT2D eigenvalue weighted by atomic mass is 32.1. The Kier molecular flexibility index (Phi) is 7.90. The van der Waals surface area contributed by atoms with Crippen LogP contribution in [0.25, 0.3) is 34.4 Å². The summed E-state index contributed by atoms with van der Waals surface area (Å²) in [5.74, 6) is -2.69. The number of allylic oxidation sites excluding steroid dienone is 6. The summed E-state index contributed by atoms with van der Waals surface area (Å²) in [5.41, 5.74) is -0.442. The zero-order valence-electron chi connectivity index (χ0n) is 31.8. The van der Waals surface area contributed by atoms with E-state index in [0.717, 1.165) is 68.4 Å². The van der Waals surface area contributed by atoms with Gasteiger partial charge in [-0.1, -0.05) is 24.3 Å². The molecule has 6 nitrogen and oxygen atoms in total. The van der Waals surface area contributed by atoms with E-state index >= 15 is 0 Å². The maximum Gasteiger partial charge on any atom is 0.416 e. The molecule has 2 unspecified atom stereocenters. The van der Waals surface area contributed by atoms with Crippen molar-refractivity contribution in [2.45, 2.75) is 51.2 Å². The Bertz CT molecular complexity index is 2740. The van der Waals surface area contributed by atoms with Crippen molar-refractivity contribution in [3.8, 4) is 11.5 Å². The van der Waals surface area contributed by atoms with Gasteiger partial charge in [0.05, 0.1) is 20.9 Å². The summed E-state index contributed by atoms with van der Waals surface area (Å²) in [7, 11) is 0. The third-order valence-corrected chi connectivity index (χ3v) is 13.8. The van der Waals surface area contributed by atoms with Crippen LogP contribution in [-0.4, -0.2) is 34.3 Å². The minimum Gasteiger partial charge on any atom is -0.482 e. The van der Waals surface area contributed by atoms with Crippen molar-refractivity contribution in [1.29, 1.82) is 0 Å². The maximum atomic E-state index is 13.6. The molecule has 0 fully saturated rings. The smallest absolute Gasteiger partial charge is 0.416 e. The van der Waals surface area contributed by atoms with Crippen LogP contribution in [0.2, 0.25) is 0 Å². The minimum absolute atomic E-state index is 0.0638. The van der Waals surface area contributed by atoms with Crippen LogP contribution in [-0.2, 0) is 21.9 Å². The number of carbonyl (C=O) groups is 4. The number of thiophene rings is 2. The first-order valence-electron chi connectivity index (χ1n) is 18.7. The molecule has 14 heteroatoms. The van der Waals surface area contributed by atoms with Crippen molar-refractivity contribution in [3.63, 3.8) is 0 Å². The number of ether oxygens (including phenoxy) is 2. The monoisotopic (exact) mass is 854 g/mol. The molecule has 60 heavy (non-hydrogen) atoms. The van der Waals surface area contributed by atoms with E-state index in [0.29, 0.717) is 21.3 Å². The molecule has 0 radical (unpaired) electrons. The van der Waals surface area contributed by atoms with Gasteiger partial charge >= 0.3 is 12.4 Å². The number of benzene rings is 2. The first kappa shape index (κ1) is 38.3. The lowest BCUT2D eigenvalue weighted by Gasteiger charge is -2.42. The number of halogens is 6. The number of fused-ring (bicyclic) bond motifs is 9. The van der Waals surface area contributed by atoms with Crippen LogP contribution in [0.5, 0.6) is 11.5 Å². The SMILES string of the molecule is CC1(C)Oc2cc(/C=C3\C(=O)C(=O)c4ccc(C(F)(F)F)cc43)sc2C2=CC3C=C4C(=CC3C=C21)c1sc(/C=C2\C(=O)C(=O)c3ccc(C(F)(F)F)cc32)cc1OC4(C)C. The minimum atomic E-state index is -4.66. The second-order valence-electron chi connectivity index (χ2n) is 16.3. The van der Waals surface area contributed by atoms with Crippen LogP contribution in [0.4, 0.5) is 26.3 Å². The normalized spacial score (nSPS) is 23.3. The first-order chi connectivity index (χ1) is 28.1. The molecule has 2 aliphatic heterocycles. The summed E-state index contributed by atoms with van der Waals surface area (Å²) in [5, 5.41) is 0. The molecule has 4 aliphatic carbocycles. The topological polar surface area (TPSA) is 86.7 Å². The molecule has 2 aromatic heterocycles. The molecule has 302 valence electrons. The molecule has 6 aliphatic rings. The Morgan fingerprint density at radius 1 is 0.533 bits per heavy atom. The van der Waals surface area contributed by atoms with Crippen LogP contribution in [0.15, 0.2) is 84.0 Å². The molecule has 0 spiro atoms. The van der Waals surface area contributed by atoms with E-state index in [9.17, 15) is 45.5 Å². The van der Waals surface area contributed by atoms with Crippen molar-refractivity contribution >= 4 is 80.3 Å². The summed E-state index contributed by atoms with van der Waals surface area (Å²) in [6.07, 6.45) is 2.16. The van der Waals surface area contributed by atoms with Crippen molar-refractivity contribution < 1.29 is 55.0 Å². The lowest BCUT2D eigenvalue weighted by molar-refractivity contribution is -0.138. The van der Waals surface area contributed by atoms with Gasteiger partial charge < -0.3 is 9.47 Å². The first-order valence-corrected chi connectivity index (χ1v) is 20.3. The molecule has 4 aromatic rings. The number of ketones is 4. The summed E-state index contributed by atoms with van der Waals surface area (Å²) < 4.78 is 94.6. The average molecular weight is 855 g/mol. The number of Topliss-reactive ketones (excluding diaryl/α,β-unsaturated/α-hetero) is 4. The lowest BCUT2D eigenvalue weighted by Crippen LogP contribution is -2.39. The molecular formula is C46H28F6O6S2. The third-order valence-electron chi connectivity index (χ3n) is 11.7. The number of hydrogen-bond donors (Lipinski definition) is 0. The van der Waals surface area contributed by atoms with Gasteiger partial charge in [0.25, 0.3) is 0 Å². The zero-order chi connectivity index (χ0) is 42.6. The van der Waals surface area contributed by atoms with E-state index < -0.39 is 57.8 Å². The van der Waals surface area contributed by atoms with Crippen molar-refractivity contribution in [2.75, 3.05) is 0 Å². The highest BCUT2D eigenvalue weighted by Crippen LogP contribution is 2.56. The van der Waals surface area contributed by atoms with Gasteiger partial charge in [0.1, 0.15) is 22.7 Å². The van der Waals surface area contributed by atoms with Crippen molar-refractivity contribution in [3.05, 3.63) is 137 Å². The fraction of sp³-hybridized carbons (Fsp3) is 0.217. The fourth-order valence-corrected chi connectivity index (χ4v) is 11.0. The highest BCUT2D eigenvalue weighted by molar-refractivity contribution is 7.15. The molecule has 10 rings (SSSR count). The summed E-state index contributed by atoms with van der Waals surface area (Å²) >= 11 is 2.60. The molecular weight excluding hydrogens is 827 g/mol. The van der Waals surface area contributed by atoms with E-state index in [-0.39, 0.29) is 45.2 Å².